The number of fused-ring (bicyclic) bond motifs is 7. The Kier molecular flexibility index (Phi) is 4.07. The van der Waals surface area contributed by atoms with E-state index in [1.807, 2.05) is 17.9 Å². The molecule has 3 saturated heterocycles. The zero-order valence-electron chi connectivity index (χ0n) is 17.6. The summed E-state index contributed by atoms with van der Waals surface area (Å²) in [6.07, 6.45) is 1.49. The average Bonchev–Trinajstić information content (AvgIpc) is 3.47. The third-order valence-corrected chi connectivity index (χ3v) is 7.79. The lowest BCUT2D eigenvalue weighted by Crippen LogP contribution is -2.54. The van der Waals surface area contributed by atoms with Gasteiger partial charge in [-0.25, -0.2) is 4.90 Å². The number of nitrogens with zero attached hydrogens (tertiary/aromatic N) is 3. The summed E-state index contributed by atoms with van der Waals surface area (Å²) in [4.78, 5) is 55.0. The molecular formula is C23H19ClN4O5. The summed E-state index contributed by atoms with van der Waals surface area (Å²) in [5, 5.41) is 14.5. The van der Waals surface area contributed by atoms with Gasteiger partial charge in [0.2, 0.25) is 11.8 Å². The predicted octanol–water partition coefficient (Wildman–Crippen LogP) is 2.99. The molecule has 10 heteroatoms. The molecule has 0 radical (unpaired) electrons. The Bertz CT molecular complexity index is 1300. The van der Waals surface area contributed by atoms with Crippen molar-refractivity contribution in [3.8, 4) is 0 Å². The minimum Gasteiger partial charge on any atom is -0.323 e. The number of anilines is 2. The number of carbonyl (C=O) groups excluding carboxylic acids is 3. The molecule has 6 rings (SSSR count). The maximum absolute atomic E-state index is 13.9. The van der Waals surface area contributed by atoms with Gasteiger partial charge in [-0.3, -0.25) is 29.4 Å². The second-order valence-corrected chi connectivity index (χ2v) is 9.49. The van der Waals surface area contributed by atoms with Crippen molar-refractivity contribution in [1.29, 1.82) is 0 Å². The fraction of sp³-hybridized carbons (Fsp3) is 0.348. The number of benzene rings is 2. The summed E-state index contributed by atoms with van der Waals surface area (Å²) in [5.41, 5.74) is 0.551. The number of nitro benzene ring substituents is 1. The highest BCUT2D eigenvalue weighted by Crippen LogP contribution is 2.61. The largest absolute Gasteiger partial charge is 0.323 e. The number of hydrogen-bond acceptors (Lipinski definition) is 6. The van der Waals surface area contributed by atoms with E-state index in [-0.39, 0.29) is 23.3 Å². The van der Waals surface area contributed by atoms with E-state index in [0.717, 1.165) is 16.9 Å². The maximum atomic E-state index is 13.9. The van der Waals surface area contributed by atoms with Crippen LogP contribution in [0.3, 0.4) is 0 Å². The fourth-order valence-electron chi connectivity index (χ4n) is 6.40. The van der Waals surface area contributed by atoms with Crippen LogP contribution in [0.15, 0.2) is 36.4 Å². The molecular weight excluding hydrogens is 448 g/mol. The summed E-state index contributed by atoms with van der Waals surface area (Å²) in [6, 6.07) is 8.83. The van der Waals surface area contributed by atoms with Crippen LogP contribution in [0.1, 0.15) is 24.0 Å². The van der Waals surface area contributed by atoms with Gasteiger partial charge in [0, 0.05) is 23.7 Å². The van der Waals surface area contributed by atoms with Gasteiger partial charge in [-0.15, -0.1) is 0 Å². The molecule has 2 aromatic rings. The van der Waals surface area contributed by atoms with Gasteiger partial charge >= 0.3 is 0 Å². The van der Waals surface area contributed by atoms with E-state index in [0.29, 0.717) is 29.2 Å². The van der Waals surface area contributed by atoms with Gasteiger partial charge in [-0.2, -0.15) is 0 Å². The summed E-state index contributed by atoms with van der Waals surface area (Å²) >= 11 is 6.47. The molecule has 0 aromatic heterocycles. The first-order valence-corrected chi connectivity index (χ1v) is 11.2. The molecule has 168 valence electrons. The van der Waals surface area contributed by atoms with E-state index in [1.54, 1.807) is 6.07 Å². The Labute approximate surface area is 193 Å². The molecule has 4 aliphatic rings. The zero-order chi connectivity index (χ0) is 23.2. The van der Waals surface area contributed by atoms with E-state index in [1.165, 1.54) is 24.3 Å². The smallest absolute Gasteiger partial charge is 0.271 e. The first kappa shape index (κ1) is 20.3. The third kappa shape index (κ3) is 2.38. The highest BCUT2D eigenvalue weighted by Gasteiger charge is 2.74. The Hall–Kier alpha value is -3.30. The number of carbonyl (C=O) groups is 3. The lowest BCUT2D eigenvalue weighted by Gasteiger charge is -2.36. The van der Waals surface area contributed by atoms with Gasteiger partial charge in [0.1, 0.15) is 5.54 Å². The second-order valence-electron chi connectivity index (χ2n) is 9.09. The molecule has 0 bridgehead atoms. The van der Waals surface area contributed by atoms with Crippen LogP contribution in [0.4, 0.5) is 17.1 Å². The molecule has 3 fully saturated rings. The van der Waals surface area contributed by atoms with Crippen molar-refractivity contribution in [2.45, 2.75) is 31.3 Å². The van der Waals surface area contributed by atoms with Gasteiger partial charge in [0.25, 0.3) is 11.6 Å². The summed E-state index contributed by atoms with van der Waals surface area (Å²) in [6.45, 7) is 2.46. The summed E-state index contributed by atoms with van der Waals surface area (Å²) in [7, 11) is 0. The van der Waals surface area contributed by atoms with Crippen LogP contribution in [0.2, 0.25) is 5.02 Å². The van der Waals surface area contributed by atoms with Crippen LogP contribution in [0.25, 0.3) is 0 Å². The van der Waals surface area contributed by atoms with Crippen LogP contribution in [-0.4, -0.2) is 40.1 Å². The molecule has 33 heavy (non-hydrogen) atoms. The van der Waals surface area contributed by atoms with Crippen LogP contribution < -0.4 is 10.2 Å². The summed E-state index contributed by atoms with van der Waals surface area (Å²) < 4.78 is 0. The summed E-state index contributed by atoms with van der Waals surface area (Å²) in [5.74, 6) is -2.94. The number of nitro groups is 1. The maximum Gasteiger partial charge on any atom is 0.271 e. The quantitative estimate of drug-likeness (QED) is 0.413. The minimum absolute atomic E-state index is 0.147. The topological polar surface area (TPSA) is 113 Å². The predicted molar refractivity (Wildman–Crippen MR) is 119 cm³/mol. The first-order valence-electron chi connectivity index (χ1n) is 10.8. The molecule has 0 saturated carbocycles. The monoisotopic (exact) mass is 466 g/mol. The number of aryl methyl sites for hydroxylation is 1. The van der Waals surface area contributed by atoms with E-state index >= 15 is 0 Å². The van der Waals surface area contributed by atoms with Crippen molar-refractivity contribution in [2.24, 2.45) is 11.8 Å². The van der Waals surface area contributed by atoms with E-state index in [4.69, 9.17) is 11.6 Å². The Morgan fingerprint density at radius 3 is 2.73 bits per heavy atom. The lowest BCUT2D eigenvalue weighted by atomic mass is 9.75. The van der Waals surface area contributed by atoms with Crippen molar-refractivity contribution >= 4 is 46.4 Å². The van der Waals surface area contributed by atoms with Crippen molar-refractivity contribution < 1.29 is 19.3 Å². The van der Waals surface area contributed by atoms with E-state index in [2.05, 4.69) is 5.32 Å². The Morgan fingerprint density at radius 1 is 1.18 bits per heavy atom. The van der Waals surface area contributed by atoms with E-state index in [9.17, 15) is 24.5 Å². The molecule has 1 spiro atoms. The van der Waals surface area contributed by atoms with Gasteiger partial charge in [0.05, 0.1) is 33.2 Å². The van der Waals surface area contributed by atoms with Gasteiger partial charge in [-0.1, -0.05) is 23.7 Å². The van der Waals surface area contributed by atoms with Gasteiger partial charge < -0.3 is 5.32 Å². The zero-order valence-corrected chi connectivity index (χ0v) is 18.3. The van der Waals surface area contributed by atoms with Crippen molar-refractivity contribution in [3.05, 3.63) is 62.7 Å². The number of amides is 3. The first-order chi connectivity index (χ1) is 15.8. The highest BCUT2D eigenvalue weighted by atomic mass is 35.5. The van der Waals surface area contributed by atoms with Crippen molar-refractivity contribution in [3.63, 3.8) is 0 Å². The minimum atomic E-state index is -1.33. The Balaban J connectivity index is 1.55. The van der Waals surface area contributed by atoms with Crippen LogP contribution in [-0.2, 0) is 19.9 Å². The highest BCUT2D eigenvalue weighted by molar-refractivity contribution is 6.35. The molecule has 1 N–H and O–H groups in total. The number of hydrogen-bond donors (Lipinski definition) is 1. The molecule has 3 amide bonds. The SMILES string of the molecule is Cc1cc(Cl)c2c(c1)[C@]1(C(=O)N2)[C@H]2C(=O)N(c3cccc([N+](=O)[O-])c3)C(=O)[C@@H]2[C@H]2CCCN21. The Morgan fingerprint density at radius 2 is 1.97 bits per heavy atom. The standard InChI is InChI=1S/C23H19ClN4O5/c1-11-8-14-19(15(24)9-11)25-22(31)23(14)18-17(16-6-3-7-26(16)23)20(29)27(21(18)30)12-4-2-5-13(10-12)28(32)33/h2,4-5,8-10,16-18H,3,6-7H2,1H3,(H,25,31)/t16-,17-,18-,23-/m1/s1. The van der Waals surface area contributed by atoms with Gasteiger partial charge in [0.15, 0.2) is 0 Å². The fourth-order valence-corrected chi connectivity index (χ4v) is 6.72. The van der Waals surface area contributed by atoms with Crippen molar-refractivity contribution in [2.75, 3.05) is 16.8 Å². The van der Waals surface area contributed by atoms with Crippen LogP contribution in [0, 0.1) is 28.9 Å². The average molecular weight is 467 g/mol. The molecule has 0 unspecified atom stereocenters. The molecule has 4 aliphatic heterocycles. The van der Waals surface area contributed by atoms with Crippen LogP contribution in [0.5, 0.6) is 0 Å². The number of imide groups is 1. The number of nitrogens with one attached hydrogen (secondary N) is 1. The van der Waals surface area contributed by atoms with E-state index < -0.39 is 34.1 Å². The normalized spacial score (nSPS) is 30.1. The lowest BCUT2D eigenvalue weighted by molar-refractivity contribution is -0.384. The molecule has 4 heterocycles. The van der Waals surface area contributed by atoms with Crippen molar-refractivity contribution in [1.82, 2.24) is 4.90 Å². The number of halogens is 1. The molecule has 2 aromatic carbocycles. The molecule has 9 nitrogen and oxygen atoms in total. The van der Waals surface area contributed by atoms with Gasteiger partial charge in [-0.05, 0) is 44.0 Å². The molecule has 0 aliphatic carbocycles. The molecule has 4 atom stereocenters. The number of rotatable bonds is 2. The number of non-ortho nitro benzene ring substituents is 1. The third-order valence-electron chi connectivity index (χ3n) is 7.50. The second kappa shape index (κ2) is 6.61. The van der Waals surface area contributed by atoms with Crippen LogP contribution >= 0.6 is 11.6 Å².